The first kappa shape index (κ1) is 24.0. The molecule has 180 valence electrons. The fourth-order valence-corrected chi connectivity index (χ4v) is 3.81. The highest BCUT2D eigenvalue weighted by atomic mass is 19.1. The van der Waals surface area contributed by atoms with Crippen molar-refractivity contribution in [2.24, 2.45) is 0 Å². The lowest BCUT2D eigenvalue weighted by atomic mass is 9.98. The molecule has 3 aromatic rings. The maximum Gasteiger partial charge on any atom is 0.307 e. The molecule has 1 aliphatic rings. The molecule has 1 heterocycles. The Hall–Kier alpha value is -4.17. The van der Waals surface area contributed by atoms with Crippen LogP contribution in [0.25, 0.3) is 11.3 Å². The number of likely N-dealkylation sites (N-methyl/N-ethyl adjacent to an activating group) is 1. The molecule has 0 radical (unpaired) electrons. The summed E-state index contributed by atoms with van der Waals surface area (Å²) in [5, 5.41) is 15.3. The second-order valence-corrected chi connectivity index (χ2v) is 8.47. The summed E-state index contributed by atoms with van der Waals surface area (Å²) >= 11 is 0. The highest BCUT2D eigenvalue weighted by Gasteiger charge is 2.29. The number of nitrogens with zero attached hydrogens (tertiary/aromatic N) is 1. The predicted octanol–water partition coefficient (Wildman–Crippen LogP) is 4.33. The van der Waals surface area contributed by atoms with Crippen LogP contribution in [0.15, 0.2) is 66.7 Å². The Kier molecular flexibility index (Phi) is 7.12. The molecule has 0 bridgehead atoms. The molecule has 0 aromatic heterocycles. The topological polar surface area (TPSA) is 90.9 Å². The largest absolute Gasteiger partial charge is 0.492 e. The van der Waals surface area contributed by atoms with Gasteiger partial charge in [0.1, 0.15) is 18.2 Å². The number of hydrogen-bond donors (Lipinski definition) is 3. The van der Waals surface area contributed by atoms with Gasteiger partial charge in [-0.25, -0.2) is 4.39 Å². The quantitative estimate of drug-likeness (QED) is 0.399. The zero-order valence-electron chi connectivity index (χ0n) is 19.5. The number of carboxylic acid groups (broad SMARTS) is 1. The van der Waals surface area contributed by atoms with Crippen molar-refractivity contribution in [3.8, 4) is 5.75 Å². The minimum absolute atomic E-state index is 0.149. The van der Waals surface area contributed by atoms with Crippen molar-refractivity contribution >= 4 is 34.5 Å². The van der Waals surface area contributed by atoms with E-state index in [9.17, 15) is 19.1 Å². The Morgan fingerprint density at radius 2 is 1.86 bits per heavy atom. The van der Waals surface area contributed by atoms with Gasteiger partial charge >= 0.3 is 5.97 Å². The molecule has 0 atom stereocenters. The molecule has 3 N–H and O–H groups in total. The molecule has 0 unspecified atom stereocenters. The van der Waals surface area contributed by atoms with Gasteiger partial charge < -0.3 is 25.4 Å². The van der Waals surface area contributed by atoms with E-state index in [-0.39, 0.29) is 12.3 Å². The van der Waals surface area contributed by atoms with E-state index in [1.807, 2.05) is 43.3 Å². The summed E-state index contributed by atoms with van der Waals surface area (Å²) in [4.78, 5) is 26.3. The normalized spacial score (nSPS) is 13.9. The Balaban J connectivity index is 1.72. The van der Waals surface area contributed by atoms with E-state index in [0.29, 0.717) is 45.9 Å². The SMILES string of the molecule is CN(C)CCOc1ccc(N/C(=C2\C(=O)Nc3cc(F)ccc32)c2cccc(CC(=O)O)c2)cc1. The van der Waals surface area contributed by atoms with E-state index < -0.39 is 11.8 Å². The summed E-state index contributed by atoms with van der Waals surface area (Å²) in [5.41, 5.74) is 3.72. The van der Waals surface area contributed by atoms with Crippen LogP contribution in [0.5, 0.6) is 5.75 Å². The second-order valence-electron chi connectivity index (χ2n) is 8.47. The number of carbonyl (C=O) groups is 2. The molecule has 3 aromatic carbocycles. The zero-order valence-corrected chi connectivity index (χ0v) is 19.5. The molecule has 0 fully saturated rings. The number of hydrogen-bond acceptors (Lipinski definition) is 5. The van der Waals surface area contributed by atoms with E-state index in [4.69, 9.17) is 4.74 Å². The smallest absolute Gasteiger partial charge is 0.307 e. The summed E-state index contributed by atoms with van der Waals surface area (Å²) in [6, 6.07) is 18.5. The van der Waals surface area contributed by atoms with Crippen LogP contribution in [0.3, 0.4) is 0 Å². The van der Waals surface area contributed by atoms with Crippen molar-refractivity contribution in [1.82, 2.24) is 4.90 Å². The summed E-state index contributed by atoms with van der Waals surface area (Å²) in [5.74, 6) is -1.06. The fourth-order valence-electron chi connectivity index (χ4n) is 3.81. The number of carboxylic acids is 1. The average molecular weight is 476 g/mol. The van der Waals surface area contributed by atoms with Gasteiger partial charge in [-0.2, -0.15) is 0 Å². The van der Waals surface area contributed by atoms with Crippen molar-refractivity contribution < 1.29 is 23.8 Å². The molecule has 1 aliphatic heterocycles. The molecule has 35 heavy (non-hydrogen) atoms. The van der Waals surface area contributed by atoms with Crippen molar-refractivity contribution in [3.63, 3.8) is 0 Å². The Morgan fingerprint density at radius 1 is 1.09 bits per heavy atom. The Bertz CT molecular complexity index is 1290. The maximum absolute atomic E-state index is 13.8. The van der Waals surface area contributed by atoms with Crippen molar-refractivity contribution in [3.05, 3.63) is 89.2 Å². The highest BCUT2D eigenvalue weighted by Crippen LogP contribution is 2.38. The minimum atomic E-state index is -0.950. The third-order valence-corrected chi connectivity index (χ3v) is 5.48. The molecular weight excluding hydrogens is 449 g/mol. The van der Waals surface area contributed by atoms with Gasteiger partial charge in [-0.05, 0) is 73.8 Å². The van der Waals surface area contributed by atoms with Crippen LogP contribution >= 0.6 is 0 Å². The van der Waals surface area contributed by atoms with Crippen molar-refractivity contribution in [2.45, 2.75) is 6.42 Å². The van der Waals surface area contributed by atoms with E-state index in [1.165, 1.54) is 12.1 Å². The van der Waals surface area contributed by atoms with Gasteiger partial charge in [0.25, 0.3) is 5.91 Å². The van der Waals surface area contributed by atoms with Gasteiger partial charge in [-0.15, -0.1) is 0 Å². The standard InChI is InChI=1S/C27H26FN3O4/c1-31(2)12-13-35-21-9-7-20(8-10-21)29-26(18-5-3-4-17(14-18)15-24(32)33)25-22-11-6-19(28)16-23(22)30-27(25)34/h3-11,14,16,29H,12-13,15H2,1-2H3,(H,30,34)(H,32,33)/b26-25-. The van der Waals surface area contributed by atoms with Crippen LogP contribution in [-0.2, 0) is 16.0 Å². The number of fused-ring (bicyclic) bond motifs is 1. The maximum atomic E-state index is 13.8. The number of amides is 1. The highest BCUT2D eigenvalue weighted by molar-refractivity contribution is 6.37. The number of nitrogens with one attached hydrogen (secondary N) is 2. The van der Waals surface area contributed by atoms with E-state index in [2.05, 4.69) is 10.6 Å². The number of carbonyl (C=O) groups excluding carboxylic acids is 1. The molecule has 7 nitrogen and oxygen atoms in total. The van der Waals surface area contributed by atoms with E-state index in [1.54, 1.807) is 30.3 Å². The number of anilines is 2. The third-order valence-electron chi connectivity index (χ3n) is 5.48. The number of halogens is 1. The van der Waals surface area contributed by atoms with Gasteiger partial charge in [0.05, 0.1) is 23.4 Å². The van der Waals surface area contributed by atoms with Gasteiger partial charge in [0.2, 0.25) is 0 Å². The lowest BCUT2D eigenvalue weighted by Crippen LogP contribution is -2.19. The molecule has 0 spiro atoms. The first-order chi connectivity index (χ1) is 16.8. The Morgan fingerprint density at radius 3 is 2.57 bits per heavy atom. The van der Waals surface area contributed by atoms with E-state index in [0.717, 1.165) is 12.3 Å². The average Bonchev–Trinajstić information content (AvgIpc) is 3.12. The van der Waals surface area contributed by atoms with Crippen LogP contribution < -0.4 is 15.4 Å². The lowest BCUT2D eigenvalue weighted by Gasteiger charge is -2.16. The molecule has 4 rings (SSSR count). The molecule has 0 saturated heterocycles. The minimum Gasteiger partial charge on any atom is -0.492 e. The molecule has 0 aliphatic carbocycles. The number of rotatable bonds is 9. The lowest BCUT2D eigenvalue weighted by molar-refractivity contribution is -0.136. The summed E-state index contributed by atoms with van der Waals surface area (Å²) in [6.07, 6.45) is -0.149. The van der Waals surface area contributed by atoms with Crippen LogP contribution in [0, 0.1) is 5.82 Å². The van der Waals surface area contributed by atoms with Crippen LogP contribution in [0.1, 0.15) is 16.7 Å². The number of benzene rings is 3. The van der Waals surface area contributed by atoms with Crippen molar-refractivity contribution in [1.29, 1.82) is 0 Å². The van der Waals surface area contributed by atoms with Gasteiger partial charge in [-0.3, -0.25) is 9.59 Å². The van der Waals surface area contributed by atoms with Crippen LogP contribution in [0.2, 0.25) is 0 Å². The Labute approximate surface area is 202 Å². The first-order valence-corrected chi connectivity index (χ1v) is 11.1. The zero-order chi connectivity index (χ0) is 24.9. The van der Waals surface area contributed by atoms with E-state index >= 15 is 0 Å². The monoisotopic (exact) mass is 475 g/mol. The number of ether oxygens (including phenoxy) is 1. The molecule has 8 heteroatoms. The fraction of sp³-hybridized carbons (Fsp3) is 0.185. The predicted molar refractivity (Wildman–Crippen MR) is 134 cm³/mol. The third kappa shape index (κ3) is 5.85. The summed E-state index contributed by atoms with van der Waals surface area (Å²) in [7, 11) is 3.95. The summed E-state index contributed by atoms with van der Waals surface area (Å²) in [6.45, 7) is 1.34. The number of aliphatic carboxylic acids is 1. The van der Waals surface area contributed by atoms with Crippen molar-refractivity contribution in [2.75, 3.05) is 37.9 Å². The first-order valence-electron chi connectivity index (χ1n) is 11.1. The second kappa shape index (κ2) is 10.4. The van der Waals surface area contributed by atoms with Gasteiger partial charge in [0.15, 0.2) is 0 Å². The van der Waals surface area contributed by atoms with Crippen LogP contribution in [-0.4, -0.2) is 49.1 Å². The van der Waals surface area contributed by atoms with Gasteiger partial charge in [0, 0.05) is 17.8 Å². The molecule has 0 saturated carbocycles. The summed E-state index contributed by atoms with van der Waals surface area (Å²) < 4.78 is 19.5. The molecular formula is C27H26FN3O4. The van der Waals surface area contributed by atoms with Crippen LogP contribution in [0.4, 0.5) is 15.8 Å². The van der Waals surface area contributed by atoms with Gasteiger partial charge in [-0.1, -0.05) is 18.2 Å². The molecule has 1 amide bonds.